The number of carbonyl (C=O) groups is 2. The third-order valence-corrected chi connectivity index (χ3v) is 7.24. The fourth-order valence-corrected chi connectivity index (χ4v) is 5.58. The molecule has 2 fully saturated rings. The highest BCUT2D eigenvalue weighted by molar-refractivity contribution is 5.70. The molecule has 1 saturated carbocycles. The first-order chi connectivity index (χ1) is 18.2. The Kier molecular flexibility index (Phi) is 17.6. The largest absolute Gasteiger partial charge is 0.480 e. The Hall–Kier alpha value is -2.22. The van der Waals surface area contributed by atoms with E-state index in [1.165, 1.54) is 64.7 Å². The summed E-state index contributed by atoms with van der Waals surface area (Å²) in [6.45, 7) is 17.9. The SMILES string of the molecule is C=CC.CCCN(C)C1CCN(C[C@@H]2CCC(N(CC(=O)O)CC(C)C)C2)CC1.O=CNc1ccccc1. The Morgan fingerprint density at radius 3 is 2.32 bits per heavy atom. The number of carboxylic acids is 1. The number of hydrogen-bond acceptors (Lipinski definition) is 5. The number of rotatable bonds is 12. The minimum Gasteiger partial charge on any atom is -0.480 e. The van der Waals surface area contributed by atoms with Gasteiger partial charge in [-0.05, 0) is 96.1 Å². The number of nitrogens with one attached hydrogen (secondary N) is 1. The van der Waals surface area contributed by atoms with E-state index in [-0.39, 0.29) is 6.54 Å². The van der Waals surface area contributed by atoms with E-state index in [0.717, 1.165) is 24.2 Å². The van der Waals surface area contributed by atoms with Crippen LogP contribution in [0.2, 0.25) is 0 Å². The minimum absolute atomic E-state index is 0.199. The Morgan fingerprint density at radius 1 is 1.16 bits per heavy atom. The van der Waals surface area contributed by atoms with Crippen LogP contribution < -0.4 is 5.32 Å². The highest BCUT2D eigenvalue weighted by atomic mass is 16.4. The van der Waals surface area contributed by atoms with Crippen LogP contribution in [0.1, 0.15) is 66.2 Å². The molecule has 216 valence electrons. The smallest absolute Gasteiger partial charge is 0.317 e. The van der Waals surface area contributed by atoms with Gasteiger partial charge < -0.3 is 20.2 Å². The van der Waals surface area contributed by atoms with Gasteiger partial charge >= 0.3 is 5.97 Å². The topological polar surface area (TPSA) is 76.1 Å². The molecule has 3 rings (SSSR count). The lowest BCUT2D eigenvalue weighted by molar-refractivity contribution is -0.139. The third-order valence-electron chi connectivity index (χ3n) is 7.24. The molecule has 1 heterocycles. The normalized spacial score (nSPS) is 19.9. The number of hydrogen-bond donors (Lipinski definition) is 2. The summed E-state index contributed by atoms with van der Waals surface area (Å²) < 4.78 is 0. The predicted octanol–water partition coefficient (Wildman–Crippen LogP) is 5.45. The molecule has 2 aliphatic rings. The van der Waals surface area contributed by atoms with Crippen LogP contribution in [0.3, 0.4) is 0 Å². The lowest BCUT2D eigenvalue weighted by Gasteiger charge is -2.37. The summed E-state index contributed by atoms with van der Waals surface area (Å²) in [4.78, 5) is 28.5. The number of piperidine rings is 1. The van der Waals surface area contributed by atoms with Crippen molar-refractivity contribution in [3.05, 3.63) is 43.0 Å². The zero-order chi connectivity index (χ0) is 28.3. The molecule has 7 nitrogen and oxygen atoms in total. The van der Waals surface area contributed by atoms with Crippen molar-refractivity contribution in [3.8, 4) is 0 Å². The number of aliphatic carboxylic acids is 1. The van der Waals surface area contributed by atoms with Gasteiger partial charge in [-0.2, -0.15) is 0 Å². The van der Waals surface area contributed by atoms with Crippen molar-refractivity contribution in [2.45, 2.75) is 78.3 Å². The van der Waals surface area contributed by atoms with E-state index in [1.54, 1.807) is 6.08 Å². The lowest BCUT2D eigenvalue weighted by Crippen LogP contribution is -2.45. The summed E-state index contributed by atoms with van der Waals surface area (Å²) in [5, 5.41) is 11.8. The predicted molar refractivity (Wildman–Crippen MR) is 160 cm³/mol. The molecule has 1 aromatic rings. The van der Waals surface area contributed by atoms with Crippen LogP contribution >= 0.6 is 0 Å². The molecule has 1 unspecified atom stereocenters. The summed E-state index contributed by atoms with van der Waals surface area (Å²) in [7, 11) is 2.27. The summed E-state index contributed by atoms with van der Waals surface area (Å²) in [5.41, 5.74) is 0.826. The Bertz CT molecular complexity index is 766. The molecule has 2 N–H and O–H groups in total. The summed E-state index contributed by atoms with van der Waals surface area (Å²) in [5.74, 6) is 0.577. The first-order valence-electron chi connectivity index (χ1n) is 14.4. The lowest BCUT2D eigenvalue weighted by atomic mass is 10.0. The first-order valence-corrected chi connectivity index (χ1v) is 14.4. The van der Waals surface area contributed by atoms with E-state index in [1.807, 2.05) is 37.3 Å². The number of amides is 1. The van der Waals surface area contributed by atoms with Crippen molar-refractivity contribution < 1.29 is 14.7 Å². The summed E-state index contributed by atoms with van der Waals surface area (Å²) in [6, 6.07) is 10.5. The number of nitrogens with zero attached hydrogens (tertiary/aromatic N) is 3. The molecular formula is C31H54N4O3. The van der Waals surface area contributed by atoms with Gasteiger partial charge in [0.25, 0.3) is 0 Å². The molecule has 2 atom stereocenters. The van der Waals surface area contributed by atoms with Gasteiger partial charge in [0.05, 0.1) is 6.54 Å². The van der Waals surface area contributed by atoms with E-state index < -0.39 is 5.97 Å². The van der Waals surface area contributed by atoms with Crippen LogP contribution in [0.25, 0.3) is 0 Å². The van der Waals surface area contributed by atoms with E-state index in [0.29, 0.717) is 18.4 Å². The average Bonchev–Trinajstić information content (AvgIpc) is 3.34. The van der Waals surface area contributed by atoms with Gasteiger partial charge in [-0.3, -0.25) is 14.5 Å². The standard InChI is InChI=1S/C21H41N3O2.C7H7NO.C3H6/c1-5-10-22(4)19-8-11-23(12-9-19)15-18-6-7-20(13-18)24(14-17(2)3)16-21(25)26;9-6-8-7-4-2-1-3-5-7;1-3-2/h17-20H,5-16H2,1-4H3,(H,25,26);1-6H,(H,8,9);3H,1H2,2H3/t18-,20?;;/m1../s1. The van der Waals surface area contributed by atoms with Gasteiger partial charge in [-0.1, -0.05) is 45.0 Å². The molecule has 1 aliphatic heterocycles. The van der Waals surface area contributed by atoms with E-state index in [4.69, 9.17) is 0 Å². The number of carboxylic acid groups (broad SMARTS) is 1. The molecule has 38 heavy (non-hydrogen) atoms. The second-order valence-corrected chi connectivity index (χ2v) is 11.1. The van der Waals surface area contributed by atoms with Gasteiger partial charge in [0, 0.05) is 30.9 Å². The maximum atomic E-state index is 11.2. The average molecular weight is 531 g/mol. The van der Waals surface area contributed by atoms with Crippen molar-refractivity contribution in [1.82, 2.24) is 14.7 Å². The quantitative estimate of drug-likeness (QED) is 0.276. The number of allylic oxidation sites excluding steroid dienone is 1. The van der Waals surface area contributed by atoms with E-state index in [9.17, 15) is 14.7 Å². The van der Waals surface area contributed by atoms with Crippen LogP contribution in [0, 0.1) is 11.8 Å². The van der Waals surface area contributed by atoms with Crippen LogP contribution in [0.15, 0.2) is 43.0 Å². The summed E-state index contributed by atoms with van der Waals surface area (Å²) in [6.07, 6.45) is 9.85. The Morgan fingerprint density at radius 2 is 1.79 bits per heavy atom. The highest BCUT2D eigenvalue weighted by Crippen LogP contribution is 2.31. The van der Waals surface area contributed by atoms with Crippen LogP contribution in [-0.2, 0) is 9.59 Å². The summed E-state index contributed by atoms with van der Waals surface area (Å²) >= 11 is 0. The number of carbonyl (C=O) groups excluding carboxylic acids is 1. The Labute approximate surface area is 232 Å². The third kappa shape index (κ3) is 14.1. The maximum absolute atomic E-state index is 11.2. The van der Waals surface area contributed by atoms with Gasteiger partial charge in [-0.15, -0.1) is 6.58 Å². The second kappa shape index (κ2) is 19.8. The number of benzene rings is 1. The molecule has 1 saturated heterocycles. The van der Waals surface area contributed by atoms with Gasteiger partial charge in [0.1, 0.15) is 0 Å². The van der Waals surface area contributed by atoms with Gasteiger partial charge in [0.15, 0.2) is 0 Å². The molecule has 0 aromatic heterocycles. The molecule has 1 amide bonds. The Balaban J connectivity index is 0.000000497. The minimum atomic E-state index is -0.688. The van der Waals surface area contributed by atoms with Crippen molar-refractivity contribution in [2.24, 2.45) is 11.8 Å². The van der Waals surface area contributed by atoms with Crippen LogP contribution in [-0.4, -0.2) is 90.6 Å². The highest BCUT2D eigenvalue weighted by Gasteiger charge is 2.32. The maximum Gasteiger partial charge on any atom is 0.317 e. The van der Waals surface area contributed by atoms with Crippen LogP contribution in [0.5, 0.6) is 0 Å². The number of para-hydroxylation sites is 1. The zero-order valence-corrected chi connectivity index (χ0v) is 24.6. The van der Waals surface area contributed by atoms with Crippen LogP contribution in [0.4, 0.5) is 5.69 Å². The van der Waals surface area contributed by atoms with Gasteiger partial charge in [-0.25, -0.2) is 0 Å². The second-order valence-electron chi connectivity index (χ2n) is 11.1. The molecule has 7 heteroatoms. The van der Waals surface area contributed by atoms with Crippen molar-refractivity contribution in [2.75, 3.05) is 51.6 Å². The molecule has 0 bridgehead atoms. The zero-order valence-electron chi connectivity index (χ0n) is 24.6. The first kappa shape index (κ1) is 33.8. The number of anilines is 1. The molecule has 0 spiro atoms. The van der Waals surface area contributed by atoms with Crippen molar-refractivity contribution in [3.63, 3.8) is 0 Å². The van der Waals surface area contributed by atoms with Gasteiger partial charge in [0.2, 0.25) is 6.41 Å². The monoisotopic (exact) mass is 530 g/mol. The van der Waals surface area contributed by atoms with E-state index >= 15 is 0 Å². The van der Waals surface area contributed by atoms with Crippen molar-refractivity contribution >= 4 is 18.1 Å². The van der Waals surface area contributed by atoms with E-state index in [2.05, 4.69) is 54.4 Å². The number of likely N-dealkylation sites (tertiary alicyclic amines) is 1. The molecule has 1 aromatic carbocycles. The fraction of sp³-hybridized carbons (Fsp3) is 0.677. The molecule has 0 radical (unpaired) electrons. The molecular weight excluding hydrogens is 476 g/mol. The van der Waals surface area contributed by atoms with Crippen molar-refractivity contribution in [1.29, 1.82) is 0 Å². The fourth-order valence-electron chi connectivity index (χ4n) is 5.58. The molecule has 1 aliphatic carbocycles.